The van der Waals surface area contributed by atoms with Crippen molar-refractivity contribution < 1.29 is 29.2 Å². The number of ether oxygens (including phenoxy) is 4. The van der Waals surface area contributed by atoms with E-state index in [9.17, 15) is 10.2 Å². The van der Waals surface area contributed by atoms with Crippen molar-refractivity contribution in [3.8, 4) is 0 Å². The predicted molar refractivity (Wildman–Crippen MR) is 158 cm³/mol. The topological polar surface area (TPSA) is 77.4 Å². The van der Waals surface area contributed by atoms with Crippen LogP contribution in [0.2, 0.25) is 0 Å². The highest BCUT2D eigenvalue weighted by Crippen LogP contribution is 2.12. The highest BCUT2D eigenvalue weighted by molar-refractivity contribution is 4.90. The average Bonchev–Trinajstić information content (AvgIpc) is 2.94. The monoisotopic (exact) mass is 540 g/mol. The normalized spacial score (nSPS) is 13.9. The SMILES string of the molecule is COCO[C@@H](/C=C/CCCCCCCCC/C=C\CCCCCCCCC/C=C/[C@@H](CO)OCOC)CO. The first-order valence-corrected chi connectivity index (χ1v) is 15.2. The molecule has 0 rings (SSSR count). The second-order valence-electron chi connectivity index (χ2n) is 10.0. The second-order valence-corrected chi connectivity index (χ2v) is 10.0. The number of aliphatic hydroxyl groups is 2. The zero-order valence-electron chi connectivity index (χ0n) is 24.7. The Balaban J connectivity index is 3.33. The average molecular weight is 541 g/mol. The summed E-state index contributed by atoms with van der Waals surface area (Å²) < 4.78 is 20.4. The molecule has 0 aromatic carbocycles. The minimum Gasteiger partial charge on any atom is -0.393 e. The summed E-state index contributed by atoms with van der Waals surface area (Å²) in [6, 6.07) is 0. The summed E-state index contributed by atoms with van der Waals surface area (Å²) in [6.45, 7) is 0.427. The fraction of sp³-hybridized carbons (Fsp3) is 0.812. The molecule has 0 saturated carbocycles. The van der Waals surface area contributed by atoms with Gasteiger partial charge in [-0.25, -0.2) is 0 Å². The summed E-state index contributed by atoms with van der Waals surface area (Å²) in [4.78, 5) is 0. The second kappa shape index (κ2) is 32.2. The molecule has 0 bridgehead atoms. The molecular formula is C32H60O6. The number of hydrogen-bond acceptors (Lipinski definition) is 6. The molecule has 0 aliphatic heterocycles. The molecule has 0 aromatic heterocycles. The smallest absolute Gasteiger partial charge is 0.147 e. The van der Waals surface area contributed by atoms with E-state index < -0.39 is 0 Å². The van der Waals surface area contributed by atoms with Crippen molar-refractivity contribution in [2.45, 2.75) is 128 Å². The highest BCUT2D eigenvalue weighted by atomic mass is 16.7. The lowest BCUT2D eigenvalue weighted by atomic mass is 10.1. The van der Waals surface area contributed by atoms with Crippen LogP contribution < -0.4 is 0 Å². The van der Waals surface area contributed by atoms with Gasteiger partial charge in [-0.3, -0.25) is 0 Å². The molecule has 38 heavy (non-hydrogen) atoms. The third-order valence-corrected chi connectivity index (χ3v) is 6.51. The third kappa shape index (κ3) is 28.0. The molecule has 0 aliphatic rings. The van der Waals surface area contributed by atoms with Gasteiger partial charge in [0.15, 0.2) is 0 Å². The minimum atomic E-state index is -0.250. The van der Waals surface area contributed by atoms with E-state index >= 15 is 0 Å². The summed E-state index contributed by atoms with van der Waals surface area (Å²) in [6.07, 6.45) is 35.3. The molecule has 0 aromatic rings. The number of aliphatic hydroxyl groups excluding tert-OH is 2. The van der Waals surface area contributed by atoms with Gasteiger partial charge >= 0.3 is 0 Å². The predicted octanol–water partition coefficient (Wildman–Crippen LogP) is 7.64. The van der Waals surface area contributed by atoms with Gasteiger partial charge in [0.2, 0.25) is 0 Å². The van der Waals surface area contributed by atoms with Crippen molar-refractivity contribution in [3.05, 3.63) is 36.5 Å². The zero-order valence-corrected chi connectivity index (χ0v) is 24.7. The fourth-order valence-electron chi connectivity index (χ4n) is 4.20. The quantitative estimate of drug-likeness (QED) is 0.0554. The maximum atomic E-state index is 9.21. The summed E-state index contributed by atoms with van der Waals surface area (Å²) in [5.41, 5.74) is 0. The van der Waals surface area contributed by atoms with Gasteiger partial charge in [0, 0.05) is 14.2 Å². The van der Waals surface area contributed by atoms with Crippen molar-refractivity contribution in [3.63, 3.8) is 0 Å². The molecular weight excluding hydrogens is 480 g/mol. The molecule has 0 aliphatic carbocycles. The fourth-order valence-corrected chi connectivity index (χ4v) is 4.20. The highest BCUT2D eigenvalue weighted by Gasteiger charge is 2.02. The van der Waals surface area contributed by atoms with Gasteiger partial charge < -0.3 is 29.2 Å². The Morgan fingerprint density at radius 1 is 0.447 bits per heavy atom. The van der Waals surface area contributed by atoms with Crippen LogP contribution in [-0.2, 0) is 18.9 Å². The van der Waals surface area contributed by atoms with Crippen molar-refractivity contribution >= 4 is 0 Å². The van der Waals surface area contributed by atoms with Crippen LogP contribution in [-0.4, -0.2) is 63.4 Å². The van der Waals surface area contributed by atoms with Crippen molar-refractivity contribution in [2.75, 3.05) is 41.0 Å². The van der Waals surface area contributed by atoms with Gasteiger partial charge in [0.1, 0.15) is 25.8 Å². The van der Waals surface area contributed by atoms with E-state index in [0.717, 1.165) is 12.8 Å². The molecule has 0 heterocycles. The first-order chi connectivity index (χ1) is 18.8. The van der Waals surface area contributed by atoms with E-state index in [-0.39, 0.29) is 39.0 Å². The van der Waals surface area contributed by atoms with Crippen LogP contribution in [0.25, 0.3) is 0 Å². The Labute approximate surface area is 234 Å². The van der Waals surface area contributed by atoms with Gasteiger partial charge in [-0.2, -0.15) is 0 Å². The molecule has 6 nitrogen and oxygen atoms in total. The molecule has 0 unspecified atom stereocenters. The summed E-state index contributed by atoms with van der Waals surface area (Å²) in [5.74, 6) is 0. The molecule has 2 N–H and O–H groups in total. The Kier molecular flexibility index (Phi) is 31.3. The number of hydrogen-bond donors (Lipinski definition) is 2. The Morgan fingerprint density at radius 3 is 1.03 bits per heavy atom. The molecule has 0 amide bonds. The van der Waals surface area contributed by atoms with E-state index in [1.54, 1.807) is 14.2 Å². The molecule has 0 radical (unpaired) electrons. The van der Waals surface area contributed by atoms with Gasteiger partial charge in [0.25, 0.3) is 0 Å². The third-order valence-electron chi connectivity index (χ3n) is 6.51. The van der Waals surface area contributed by atoms with Gasteiger partial charge in [-0.15, -0.1) is 0 Å². The lowest BCUT2D eigenvalue weighted by molar-refractivity contribution is -0.0695. The van der Waals surface area contributed by atoms with Crippen LogP contribution in [0.15, 0.2) is 36.5 Å². The summed E-state index contributed by atoms with van der Waals surface area (Å²) in [7, 11) is 3.17. The summed E-state index contributed by atoms with van der Waals surface area (Å²) >= 11 is 0. The number of rotatable bonds is 30. The maximum absolute atomic E-state index is 9.21. The van der Waals surface area contributed by atoms with Crippen LogP contribution in [0, 0.1) is 0 Å². The molecule has 0 saturated heterocycles. The van der Waals surface area contributed by atoms with Crippen LogP contribution >= 0.6 is 0 Å². The molecule has 0 spiro atoms. The summed E-state index contributed by atoms with van der Waals surface area (Å²) in [5, 5.41) is 18.4. The van der Waals surface area contributed by atoms with Crippen molar-refractivity contribution in [2.24, 2.45) is 0 Å². The van der Waals surface area contributed by atoms with E-state index in [1.165, 1.54) is 103 Å². The van der Waals surface area contributed by atoms with Crippen molar-refractivity contribution in [1.82, 2.24) is 0 Å². The van der Waals surface area contributed by atoms with Crippen LogP contribution in [0.3, 0.4) is 0 Å². The zero-order chi connectivity index (χ0) is 27.8. The van der Waals surface area contributed by atoms with Crippen molar-refractivity contribution in [1.29, 1.82) is 0 Å². The van der Waals surface area contributed by atoms with Crippen LogP contribution in [0.4, 0.5) is 0 Å². The number of allylic oxidation sites excluding steroid dienone is 4. The van der Waals surface area contributed by atoms with Gasteiger partial charge in [-0.1, -0.05) is 101 Å². The first-order valence-electron chi connectivity index (χ1n) is 15.2. The van der Waals surface area contributed by atoms with Gasteiger partial charge in [-0.05, 0) is 51.4 Å². The largest absolute Gasteiger partial charge is 0.393 e. The Morgan fingerprint density at radius 2 is 0.737 bits per heavy atom. The van der Waals surface area contributed by atoms with Gasteiger partial charge in [0.05, 0.1) is 13.2 Å². The lowest BCUT2D eigenvalue weighted by Crippen LogP contribution is -2.16. The Hall–Kier alpha value is -1.02. The van der Waals surface area contributed by atoms with E-state index in [1.807, 2.05) is 12.2 Å². The van der Waals surface area contributed by atoms with E-state index in [0.29, 0.717) is 0 Å². The lowest BCUT2D eigenvalue weighted by Gasteiger charge is -2.09. The maximum Gasteiger partial charge on any atom is 0.147 e. The molecule has 224 valence electrons. The first kappa shape index (κ1) is 37.0. The van der Waals surface area contributed by atoms with E-state index in [2.05, 4.69) is 24.3 Å². The van der Waals surface area contributed by atoms with Crippen LogP contribution in [0.1, 0.15) is 116 Å². The number of unbranched alkanes of at least 4 members (excludes halogenated alkanes) is 16. The van der Waals surface area contributed by atoms with Crippen LogP contribution in [0.5, 0.6) is 0 Å². The molecule has 0 fully saturated rings. The van der Waals surface area contributed by atoms with E-state index in [4.69, 9.17) is 18.9 Å². The standard InChI is InChI=1S/C32H60O6/c1-35-29-37-31(27-33)25-23-21-19-17-15-13-11-9-7-5-3-4-6-8-10-12-14-16-18-20-22-24-26-32(28-34)38-30-36-2/h3-4,23-26,31-34H,5-22,27-30H2,1-2H3/b4-3-,25-23+,26-24+/t31-,32-/m0/s1. The number of methoxy groups -OCH3 is 2. The minimum absolute atomic E-state index is 0.00298. The Bertz CT molecular complexity index is 488. The molecule has 6 heteroatoms. The molecule has 2 atom stereocenters.